The smallest absolute Gasteiger partial charge is 0.0373 e. The Bertz CT molecular complexity index is 1320. The highest BCUT2D eigenvalue weighted by atomic mass is 14.6. The molecule has 0 saturated heterocycles. The third-order valence-electron chi connectivity index (χ3n) is 6.77. The molecule has 0 atom stereocenters. The molecule has 0 unspecified atom stereocenters. The zero-order chi connectivity index (χ0) is 21.9. The van der Waals surface area contributed by atoms with Crippen molar-refractivity contribution in [2.24, 2.45) is 0 Å². The van der Waals surface area contributed by atoms with Gasteiger partial charge in [-0.3, -0.25) is 0 Å². The summed E-state index contributed by atoms with van der Waals surface area (Å²) in [6.07, 6.45) is 0.949. The highest BCUT2D eigenvalue weighted by Gasteiger charge is 2.25. The third-order valence-corrected chi connectivity index (χ3v) is 6.77. The molecule has 154 valence electrons. The number of benzene rings is 4. The van der Waals surface area contributed by atoms with Crippen molar-refractivity contribution in [2.45, 2.75) is 34.1 Å². The van der Waals surface area contributed by atoms with Gasteiger partial charge in [-0.2, -0.15) is 0 Å². The van der Waals surface area contributed by atoms with Gasteiger partial charge in [0, 0.05) is 11.4 Å². The van der Waals surface area contributed by atoms with Gasteiger partial charge in [-0.1, -0.05) is 36.4 Å². The first-order valence-electron chi connectivity index (χ1n) is 10.8. The van der Waals surface area contributed by atoms with Gasteiger partial charge in [-0.25, -0.2) is 0 Å². The van der Waals surface area contributed by atoms with Crippen molar-refractivity contribution in [2.75, 3.05) is 11.5 Å². The molecule has 0 bridgehead atoms. The van der Waals surface area contributed by atoms with Crippen molar-refractivity contribution < 1.29 is 0 Å². The van der Waals surface area contributed by atoms with Gasteiger partial charge in [0.15, 0.2) is 0 Å². The molecule has 0 saturated carbocycles. The van der Waals surface area contributed by atoms with Crippen LogP contribution in [0.5, 0.6) is 0 Å². The van der Waals surface area contributed by atoms with Gasteiger partial charge in [0.1, 0.15) is 0 Å². The second-order valence-corrected chi connectivity index (χ2v) is 8.90. The lowest BCUT2D eigenvalue weighted by atomic mass is 9.85. The van der Waals surface area contributed by atoms with E-state index in [4.69, 9.17) is 11.5 Å². The minimum absolute atomic E-state index is 0.873. The van der Waals surface area contributed by atoms with Crippen LogP contribution in [0.3, 0.4) is 0 Å². The van der Waals surface area contributed by atoms with E-state index >= 15 is 0 Å². The van der Waals surface area contributed by atoms with Crippen molar-refractivity contribution in [3.63, 3.8) is 0 Å². The first-order chi connectivity index (χ1) is 14.8. The first kappa shape index (κ1) is 19.4. The van der Waals surface area contributed by atoms with Crippen LogP contribution >= 0.6 is 0 Å². The number of anilines is 2. The molecule has 4 aromatic carbocycles. The summed E-state index contributed by atoms with van der Waals surface area (Å²) in [6.45, 7) is 8.38. The predicted octanol–water partition coefficient (Wildman–Crippen LogP) is 6.99. The fraction of sp³-hybridized carbons (Fsp3) is 0.172. The van der Waals surface area contributed by atoms with E-state index in [0.29, 0.717) is 0 Å². The maximum atomic E-state index is 6.30. The summed E-state index contributed by atoms with van der Waals surface area (Å²) in [5.41, 5.74) is 29.3. The molecule has 31 heavy (non-hydrogen) atoms. The minimum atomic E-state index is 0.873. The van der Waals surface area contributed by atoms with Crippen LogP contribution in [0.1, 0.15) is 33.4 Å². The molecule has 0 aliphatic heterocycles. The molecule has 0 radical (unpaired) electrons. The first-order valence-corrected chi connectivity index (χ1v) is 10.8. The monoisotopic (exact) mass is 404 g/mol. The van der Waals surface area contributed by atoms with Crippen LogP contribution in [0.4, 0.5) is 11.4 Å². The number of hydrogen-bond acceptors (Lipinski definition) is 2. The lowest BCUT2D eigenvalue weighted by molar-refractivity contribution is 1.26. The highest BCUT2D eigenvalue weighted by Crippen LogP contribution is 2.47. The van der Waals surface area contributed by atoms with Crippen LogP contribution in [0, 0.1) is 27.7 Å². The van der Waals surface area contributed by atoms with Crippen molar-refractivity contribution in [3.8, 4) is 33.4 Å². The third kappa shape index (κ3) is 3.02. The Kier molecular flexibility index (Phi) is 4.40. The van der Waals surface area contributed by atoms with E-state index in [0.717, 1.165) is 40.0 Å². The fourth-order valence-electron chi connectivity index (χ4n) is 5.03. The Labute approximate surface area is 184 Å². The van der Waals surface area contributed by atoms with E-state index in [-0.39, 0.29) is 0 Å². The Hall–Kier alpha value is -3.52. The average molecular weight is 405 g/mol. The van der Waals surface area contributed by atoms with E-state index in [2.05, 4.69) is 88.4 Å². The van der Waals surface area contributed by atoms with Gasteiger partial charge in [0.05, 0.1) is 0 Å². The minimum Gasteiger partial charge on any atom is -0.398 e. The standard InChI is InChI=1S/C29H28N2/c1-16-11-21(12-17(2)28(16)30)24-9-10-25-23-8-6-5-7-20(23)15-26(25)27(24)22-13-18(3)29(31)19(4)14-22/h5-14H,15,30-31H2,1-4H3. The maximum absolute atomic E-state index is 6.30. The Balaban J connectivity index is 1.84. The largest absolute Gasteiger partial charge is 0.398 e. The van der Waals surface area contributed by atoms with Crippen LogP contribution in [0.2, 0.25) is 0 Å². The molecule has 2 nitrogen and oxygen atoms in total. The lowest BCUT2D eigenvalue weighted by Gasteiger charge is -2.19. The SMILES string of the molecule is Cc1cc(-c2ccc3c(c2-c2cc(C)c(N)c(C)c2)Cc2ccccc2-3)cc(C)c1N. The molecule has 2 heteroatoms. The summed E-state index contributed by atoms with van der Waals surface area (Å²) in [4.78, 5) is 0. The molecule has 0 heterocycles. The number of aryl methyl sites for hydroxylation is 4. The Morgan fingerprint density at radius 3 is 1.71 bits per heavy atom. The van der Waals surface area contributed by atoms with Gasteiger partial charge in [-0.15, -0.1) is 0 Å². The molecule has 0 aromatic heterocycles. The number of nitrogen functional groups attached to an aromatic ring is 2. The van der Waals surface area contributed by atoms with E-state index in [1.807, 2.05) is 0 Å². The van der Waals surface area contributed by atoms with Crippen LogP contribution in [0.15, 0.2) is 60.7 Å². The zero-order valence-electron chi connectivity index (χ0n) is 18.6. The van der Waals surface area contributed by atoms with E-state index in [1.165, 1.54) is 44.5 Å². The molecule has 1 aliphatic carbocycles. The van der Waals surface area contributed by atoms with Crippen molar-refractivity contribution in [1.29, 1.82) is 0 Å². The second kappa shape index (κ2) is 7.02. The van der Waals surface area contributed by atoms with Crippen LogP contribution < -0.4 is 11.5 Å². The van der Waals surface area contributed by atoms with Crippen LogP contribution in [0.25, 0.3) is 33.4 Å². The summed E-state index contributed by atoms with van der Waals surface area (Å²) in [7, 11) is 0. The molecule has 4 aromatic rings. The zero-order valence-corrected chi connectivity index (χ0v) is 18.6. The molecule has 0 amide bonds. The molecule has 4 N–H and O–H groups in total. The summed E-state index contributed by atoms with van der Waals surface area (Å²) >= 11 is 0. The molecular weight excluding hydrogens is 376 g/mol. The van der Waals surface area contributed by atoms with Crippen LogP contribution in [-0.4, -0.2) is 0 Å². The maximum Gasteiger partial charge on any atom is 0.0373 e. The van der Waals surface area contributed by atoms with E-state index in [1.54, 1.807) is 0 Å². The van der Waals surface area contributed by atoms with Gasteiger partial charge < -0.3 is 11.5 Å². The van der Waals surface area contributed by atoms with Crippen molar-refractivity contribution in [1.82, 2.24) is 0 Å². The number of fused-ring (bicyclic) bond motifs is 3. The summed E-state index contributed by atoms with van der Waals surface area (Å²) in [5, 5.41) is 0. The lowest BCUT2D eigenvalue weighted by Crippen LogP contribution is -1.99. The van der Waals surface area contributed by atoms with Crippen molar-refractivity contribution in [3.05, 3.63) is 94.0 Å². The van der Waals surface area contributed by atoms with Gasteiger partial charge in [0.2, 0.25) is 0 Å². The summed E-state index contributed by atoms with van der Waals surface area (Å²) < 4.78 is 0. The van der Waals surface area contributed by atoms with Crippen LogP contribution in [-0.2, 0) is 6.42 Å². The Morgan fingerprint density at radius 1 is 0.581 bits per heavy atom. The predicted molar refractivity (Wildman–Crippen MR) is 133 cm³/mol. The van der Waals surface area contributed by atoms with Crippen molar-refractivity contribution >= 4 is 11.4 Å². The Morgan fingerprint density at radius 2 is 1.10 bits per heavy atom. The highest BCUT2D eigenvalue weighted by molar-refractivity contribution is 5.94. The van der Waals surface area contributed by atoms with E-state index in [9.17, 15) is 0 Å². The van der Waals surface area contributed by atoms with E-state index < -0.39 is 0 Å². The van der Waals surface area contributed by atoms with Gasteiger partial charge >= 0.3 is 0 Å². The van der Waals surface area contributed by atoms with Gasteiger partial charge in [-0.05, 0) is 125 Å². The fourth-order valence-corrected chi connectivity index (χ4v) is 5.03. The average Bonchev–Trinajstić information content (AvgIpc) is 3.13. The number of hydrogen-bond donors (Lipinski definition) is 2. The second-order valence-electron chi connectivity index (χ2n) is 8.90. The quantitative estimate of drug-likeness (QED) is 0.312. The normalized spacial score (nSPS) is 12.0. The van der Waals surface area contributed by atoms with Gasteiger partial charge in [0.25, 0.3) is 0 Å². The molecule has 0 spiro atoms. The number of rotatable bonds is 2. The number of nitrogens with two attached hydrogens (primary N) is 2. The molecule has 5 rings (SSSR count). The molecule has 1 aliphatic rings. The summed E-state index contributed by atoms with van der Waals surface area (Å²) in [6, 6.07) is 22.2. The molecular formula is C29H28N2. The topological polar surface area (TPSA) is 52.0 Å². The molecule has 0 fully saturated rings. The summed E-state index contributed by atoms with van der Waals surface area (Å²) in [5.74, 6) is 0.